The van der Waals surface area contributed by atoms with Crippen LogP contribution >= 0.6 is 11.8 Å². The quantitative estimate of drug-likeness (QED) is 0.159. The first-order valence-corrected chi connectivity index (χ1v) is 14.6. The van der Waals surface area contributed by atoms with E-state index in [1.54, 1.807) is 11.8 Å². The number of nitrogens with zero attached hydrogens (tertiary/aromatic N) is 3. The zero-order valence-electron chi connectivity index (χ0n) is 23.4. The molecule has 0 radical (unpaired) electrons. The Balaban J connectivity index is 1.44. The average Bonchev–Trinajstić information content (AvgIpc) is 3.34. The van der Waals surface area contributed by atoms with Gasteiger partial charge in [0.15, 0.2) is 0 Å². The molecule has 1 aliphatic rings. The summed E-state index contributed by atoms with van der Waals surface area (Å²) in [5.41, 5.74) is 6.43. The number of aromatic nitrogens is 3. The standard InChI is InChI=1S/C32H35N5O2S/c1-5-6-17-40-32-35-31-33-23(4)28(30(38)34-26-12-8-10-22(3)19-26)29(37(31)36-32)25-13-15-27(16-14-25)39-20-24-11-7-9-21(2)18-24/h7-16,18-19,29H,5-6,17,20H2,1-4H3,(H,34,38)(H,33,35,36). The van der Waals surface area contributed by atoms with Gasteiger partial charge < -0.3 is 15.4 Å². The summed E-state index contributed by atoms with van der Waals surface area (Å²) in [5, 5.41) is 11.9. The van der Waals surface area contributed by atoms with Crippen LogP contribution in [0.1, 0.15) is 55.0 Å². The third-order valence-corrected chi connectivity index (χ3v) is 7.69. The number of carbonyl (C=O) groups is 1. The molecule has 40 heavy (non-hydrogen) atoms. The van der Waals surface area contributed by atoms with Crippen molar-refractivity contribution >= 4 is 29.3 Å². The lowest BCUT2D eigenvalue weighted by atomic mass is 9.95. The molecule has 2 N–H and O–H groups in total. The van der Waals surface area contributed by atoms with Crippen LogP contribution in [0.15, 0.2) is 89.2 Å². The number of unbranched alkanes of at least 4 members (excludes halogenated alkanes) is 1. The molecule has 1 atom stereocenters. The molecule has 1 unspecified atom stereocenters. The van der Waals surface area contributed by atoms with E-state index in [0.717, 1.165) is 52.4 Å². The number of nitrogens with one attached hydrogen (secondary N) is 2. The molecule has 2 heterocycles. The number of rotatable bonds is 10. The number of anilines is 2. The summed E-state index contributed by atoms with van der Waals surface area (Å²) in [6.07, 6.45) is 2.21. The number of carbonyl (C=O) groups excluding carboxylic acids is 1. The van der Waals surface area contributed by atoms with Crippen LogP contribution in [-0.4, -0.2) is 26.4 Å². The van der Waals surface area contributed by atoms with Crippen LogP contribution in [0.3, 0.4) is 0 Å². The fraction of sp³-hybridized carbons (Fsp3) is 0.281. The van der Waals surface area contributed by atoms with E-state index in [2.05, 4.69) is 42.7 Å². The molecule has 1 aliphatic heterocycles. The van der Waals surface area contributed by atoms with Crippen molar-refractivity contribution in [3.8, 4) is 5.75 Å². The molecule has 1 amide bonds. The second kappa shape index (κ2) is 12.4. The molecule has 1 aromatic heterocycles. The summed E-state index contributed by atoms with van der Waals surface area (Å²) >= 11 is 1.64. The molecular weight excluding hydrogens is 518 g/mol. The molecule has 4 aromatic rings. The first-order valence-electron chi connectivity index (χ1n) is 13.6. The van der Waals surface area contributed by atoms with Crippen molar-refractivity contribution < 1.29 is 9.53 Å². The minimum absolute atomic E-state index is 0.179. The fourth-order valence-corrected chi connectivity index (χ4v) is 5.65. The van der Waals surface area contributed by atoms with Crippen molar-refractivity contribution in [2.45, 2.75) is 58.3 Å². The molecule has 0 saturated carbocycles. The molecule has 7 nitrogen and oxygen atoms in total. The van der Waals surface area contributed by atoms with Crippen LogP contribution in [0.2, 0.25) is 0 Å². The van der Waals surface area contributed by atoms with E-state index in [1.165, 1.54) is 5.56 Å². The Kier molecular flexibility index (Phi) is 8.55. The highest BCUT2D eigenvalue weighted by molar-refractivity contribution is 7.99. The molecule has 0 bridgehead atoms. The minimum atomic E-state index is -0.445. The van der Waals surface area contributed by atoms with Gasteiger partial charge in [-0.2, -0.15) is 4.98 Å². The van der Waals surface area contributed by atoms with E-state index in [4.69, 9.17) is 14.8 Å². The lowest BCUT2D eigenvalue weighted by Gasteiger charge is -2.28. The number of thioether (sulfide) groups is 1. The Morgan fingerprint density at radius 2 is 1.77 bits per heavy atom. The highest BCUT2D eigenvalue weighted by Gasteiger charge is 2.34. The molecule has 8 heteroatoms. The van der Waals surface area contributed by atoms with Crippen molar-refractivity contribution in [1.29, 1.82) is 0 Å². The SMILES string of the molecule is CCCCSc1nc2n(n1)C(c1ccc(OCc3cccc(C)c3)cc1)C(C(=O)Nc1cccc(C)c1)=C(C)N2. The minimum Gasteiger partial charge on any atom is -0.489 e. The predicted molar refractivity (Wildman–Crippen MR) is 162 cm³/mol. The Morgan fingerprint density at radius 3 is 2.50 bits per heavy atom. The van der Waals surface area contributed by atoms with E-state index in [0.29, 0.717) is 23.3 Å². The molecule has 5 rings (SSSR count). The first-order chi connectivity index (χ1) is 19.4. The third-order valence-electron chi connectivity index (χ3n) is 6.77. The summed E-state index contributed by atoms with van der Waals surface area (Å²) in [4.78, 5) is 18.5. The van der Waals surface area contributed by atoms with Gasteiger partial charge in [-0.1, -0.05) is 79.2 Å². The molecule has 3 aromatic carbocycles. The van der Waals surface area contributed by atoms with Crippen molar-refractivity contribution in [2.75, 3.05) is 16.4 Å². The number of hydrogen-bond donors (Lipinski definition) is 2. The smallest absolute Gasteiger partial charge is 0.255 e. The van der Waals surface area contributed by atoms with Crippen LogP contribution in [0.5, 0.6) is 5.75 Å². The van der Waals surface area contributed by atoms with Gasteiger partial charge in [-0.15, -0.1) is 5.10 Å². The maximum atomic E-state index is 13.8. The first kappa shape index (κ1) is 27.5. The fourth-order valence-electron chi connectivity index (χ4n) is 4.74. The highest BCUT2D eigenvalue weighted by Crippen LogP contribution is 2.37. The van der Waals surface area contributed by atoms with Gasteiger partial charge in [0.05, 0.1) is 5.57 Å². The van der Waals surface area contributed by atoms with Crippen molar-refractivity contribution in [1.82, 2.24) is 14.8 Å². The van der Waals surface area contributed by atoms with Crippen molar-refractivity contribution in [3.63, 3.8) is 0 Å². The van der Waals surface area contributed by atoms with E-state index in [-0.39, 0.29) is 5.91 Å². The Labute approximate surface area is 240 Å². The van der Waals surface area contributed by atoms with Gasteiger partial charge >= 0.3 is 0 Å². The maximum absolute atomic E-state index is 13.8. The largest absolute Gasteiger partial charge is 0.489 e. The zero-order valence-corrected chi connectivity index (χ0v) is 24.2. The third kappa shape index (κ3) is 6.39. The molecular formula is C32H35N5O2S. The number of benzene rings is 3. The number of aryl methyl sites for hydroxylation is 2. The Morgan fingerprint density at radius 1 is 1.02 bits per heavy atom. The summed E-state index contributed by atoms with van der Waals surface area (Å²) in [5.74, 6) is 2.17. The molecule has 0 spiro atoms. The lowest BCUT2D eigenvalue weighted by molar-refractivity contribution is -0.113. The summed E-state index contributed by atoms with van der Waals surface area (Å²) in [7, 11) is 0. The van der Waals surface area contributed by atoms with Gasteiger partial charge in [0.2, 0.25) is 11.1 Å². The summed E-state index contributed by atoms with van der Waals surface area (Å²) in [6.45, 7) is 8.66. The Hall–Kier alpha value is -4.04. The Bertz CT molecular complexity index is 1530. The zero-order chi connectivity index (χ0) is 28.1. The van der Waals surface area contributed by atoms with Gasteiger partial charge in [0, 0.05) is 17.1 Å². The molecule has 0 aliphatic carbocycles. The molecule has 0 fully saturated rings. The second-order valence-electron chi connectivity index (χ2n) is 10.1. The van der Waals surface area contributed by atoms with Gasteiger partial charge in [0.25, 0.3) is 5.91 Å². The van der Waals surface area contributed by atoms with Gasteiger partial charge in [-0.05, 0) is 68.1 Å². The van der Waals surface area contributed by atoms with Crippen LogP contribution in [0.25, 0.3) is 0 Å². The highest BCUT2D eigenvalue weighted by atomic mass is 32.2. The van der Waals surface area contributed by atoms with Crippen LogP contribution in [-0.2, 0) is 11.4 Å². The summed E-state index contributed by atoms with van der Waals surface area (Å²) in [6, 6.07) is 23.6. The topological polar surface area (TPSA) is 81.1 Å². The number of allylic oxidation sites excluding steroid dienone is 1. The predicted octanol–water partition coefficient (Wildman–Crippen LogP) is 7.29. The normalized spacial score (nSPS) is 14.4. The van der Waals surface area contributed by atoms with Crippen molar-refractivity contribution in [2.24, 2.45) is 0 Å². The van der Waals surface area contributed by atoms with Crippen LogP contribution in [0, 0.1) is 13.8 Å². The maximum Gasteiger partial charge on any atom is 0.255 e. The lowest BCUT2D eigenvalue weighted by Crippen LogP contribution is -2.31. The van der Waals surface area contributed by atoms with Crippen molar-refractivity contribution in [3.05, 3.63) is 106 Å². The molecule has 0 saturated heterocycles. The van der Waals surface area contributed by atoms with Gasteiger partial charge in [-0.3, -0.25) is 4.79 Å². The monoisotopic (exact) mass is 553 g/mol. The second-order valence-corrected chi connectivity index (χ2v) is 11.2. The number of amides is 1. The van der Waals surface area contributed by atoms with Gasteiger partial charge in [0.1, 0.15) is 18.4 Å². The molecule has 206 valence electrons. The van der Waals surface area contributed by atoms with E-state index < -0.39 is 6.04 Å². The average molecular weight is 554 g/mol. The van der Waals surface area contributed by atoms with E-state index in [1.807, 2.05) is 73.1 Å². The number of fused-ring (bicyclic) bond motifs is 1. The van der Waals surface area contributed by atoms with E-state index >= 15 is 0 Å². The van der Waals surface area contributed by atoms with E-state index in [9.17, 15) is 4.79 Å². The van der Waals surface area contributed by atoms with Crippen LogP contribution in [0.4, 0.5) is 11.6 Å². The van der Waals surface area contributed by atoms with Crippen LogP contribution < -0.4 is 15.4 Å². The van der Waals surface area contributed by atoms with Gasteiger partial charge in [-0.25, -0.2) is 4.68 Å². The number of hydrogen-bond acceptors (Lipinski definition) is 6. The number of ether oxygens (including phenoxy) is 1. The summed E-state index contributed by atoms with van der Waals surface area (Å²) < 4.78 is 7.89.